The van der Waals surface area contributed by atoms with Crippen molar-refractivity contribution in [2.45, 2.75) is 38.3 Å². The molecule has 0 radical (unpaired) electrons. The standard InChI is InChI=1S/C12H18N2O3S2/c1-8-7-19(16,17)6-5-14(8)12-13-11-9(15)3-2-4-10(11)18-12/h8-9,15H,2-7H2,1H3. The van der Waals surface area contributed by atoms with Crippen molar-refractivity contribution in [2.24, 2.45) is 0 Å². The van der Waals surface area contributed by atoms with Crippen LogP contribution in [-0.4, -0.2) is 42.6 Å². The van der Waals surface area contributed by atoms with Crippen LogP contribution in [0.4, 0.5) is 5.13 Å². The lowest BCUT2D eigenvalue weighted by Gasteiger charge is -2.32. The quantitative estimate of drug-likeness (QED) is 0.842. The van der Waals surface area contributed by atoms with Crippen molar-refractivity contribution < 1.29 is 13.5 Å². The molecule has 19 heavy (non-hydrogen) atoms. The molecular weight excluding hydrogens is 284 g/mol. The highest BCUT2D eigenvalue weighted by Crippen LogP contribution is 2.37. The fourth-order valence-electron chi connectivity index (χ4n) is 2.79. The molecule has 1 aromatic heterocycles. The summed E-state index contributed by atoms with van der Waals surface area (Å²) < 4.78 is 23.2. The molecular formula is C12H18N2O3S2. The summed E-state index contributed by atoms with van der Waals surface area (Å²) in [5.41, 5.74) is 0.812. The van der Waals surface area contributed by atoms with E-state index in [4.69, 9.17) is 0 Å². The van der Waals surface area contributed by atoms with E-state index in [1.807, 2.05) is 6.92 Å². The van der Waals surface area contributed by atoms with E-state index < -0.39 is 15.9 Å². The highest BCUT2D eigenvalue weighted by atomic mass is 32.2. The summed E-state index contributed by atoms with van der Waals surface area (Å²) in [4.78, 5) is 7.78. The number of hydrogen-bond acceptors (Lipinski definition) is 6. The van der Waals surface area contributed by atoms with Gasteiger partial charge in [0.15, 0.2) is 15.0 Å². The third-order valence-corrected chi connectivity index (χ3v) is 6.79. The van der Waals surface area contributed by atoms with Crippen molar-refractivity contribution in [3.05, 3.63) is 10.6 Å². The average molecular weight is 302 g/mol. The van der Waals surface area contributed by atoms with Gasteiger partial charge in [0.1, 0.15) is 0 Å². The number of anilines is 1. The van der Waals surface area contributed by atoms with Gasteiger partial charge in [-0.2, -0.15) is 0 Å². The monoisotopic (exact) mass is 302 g/mol. The number of thiazole rings is 1. The van der Waals surface area contributed by atoms with Crippen LogP contribution in [0.15, 0.2) is 0 Å². The predicted molar refractivity (Wildman–Crippen MR) is 75.5 cm³/mol. The van der Waals surface area contributed by atoms with Gasteiger partial charge in [-0.25, -0.2) is 13.4 Å². The Kier molecular flexibility index (Phi) is 3.31. The minimum atomic E-state index is -2.90. The number of aryl methyl sites for hydroxylation is 1. The van der Waals surface area contributed by atoms with E-state index in [2.05, 4.69) is 9.88 Å². The fraction of sp³-hybridized carbons (Fsp3) is 0.750. The summed E-state index contributed by atoms with van der Waals surface area (Å²) in [5.74, 6) is 0.393. The SMILES string of the molecule is CC1CS(=O)(=O)CCN1c1nc2c(s1)CCCC2O. The number of aromatic nitrogens is 1. The molecule has 7 heteroatoms. The van der Waals surface area contributed by atoms with Crippen LogP contribution in [0.1, 0.15) is 36.4 Å². The number of aliphatic hydroxyl groups excluding tert-OH is 1. The summed E-state index contributed by atoms with van der Waals surface area (Å²) in [7, 11) is -2.90. The van der Waals surface area contributed by atoms with Gasteiger partial charge in [0.2, 0.25) is 0 Å². The molecule has 2 heterocycles. The van der Waals surface area contributed by atoms with Gasteiger partial charge >= 0.3 is 0 Å². The first-order valence-corrected chi connectivity index (χ1v) is 9.25. The predicted octanol–water partition coefficient (Wildman–Crippen LogP) is 1.14. The number of aliphatic hydroxyl groups is 1. The van der Waals surface area contributed by atoms with Crippen LogP contribution in [0, 0.1) is 0 Å². The Morgan fingerprint density at radius 2 is 2.26 bits per heavy atom. The van der Waals surface area contributed by atoms with E-state index in [1.165, 1.54) is 0 Å². The molecule has 106 valence electrons. The minimum absolute atomic E-state index is 0.0384. The lowest BCUT2D eigenvalue weighted by molar-refractivity contribution is 0.153. The third-order valence-electron chi connectivity index (χ3n) is 3.83. The normalized spacial score (nSPS) is 30.1. The van der Waals surface area contributed by atoms with Crippen molar-refractivity contribution in [3.63, 3.8) is 0 Å². The molecule has 0 amide bonds. The van der Waals surface area contributed by atoms with Crippen LogP contribution in [0.3, 0.4) is 0 Å². The van der Waals surface area contributed by atoms with Gasteiger partial charge in [-0.3, -0.25) is 0 Å². The zero-order valence-electron chi connectivity index (χ0n) is 10.9. The minimum Gasteiger partial charge on any atom is -0.387 e. The maximum atomic E-state index is 11.6. The van der Waals surface area contributed by atoms with Gasteiger partial charge in [0, 0.05) is 17.5 Å². The first-order valence-electron chi connectivity index (χ1n) is 6.61. The Hall–Kier alpha value is -0.660. The molecule has 3 rings (SSSR count). The molecule has 1 aliphatic heterocycles. The maximum Gasteiger partial charge on any atom is 0.186 e. The number of hydrogen-bond donors (Lipinski definition) is 1. The van der Waals surface area contributed by atoms with Crippen molar-refractivity contribution in [2.75, 3.05) is 23.0 Å². The molecule has 1 N–H and O–H groups in total. The molecule has 0 saturated carbocycles. The number of fused-ring (bicyclic) bond motifs is 1. The second-order valence-corrected chi connectivity index (χ2v) is 8.66. The molecule has 1 aliphatic carbocycles. The first-order chi connectivity index (χ1) is 8.96. The molecule has 1 saturated heterocycles. The van der Waals surface area contributed by atoms with Crippen LogP contribution < -0.4 is 4.90 Å². The van der Waals surface area contributed by atoms with Gasteiger partial charge in [-0.05, 0) is 26.2 Å². The van der Waals surface area contributed by atoms with E-state index in [9.17, 15) is 13.5 Å². The molecule has 5 nitrogen and oxygen atoms in total. The van der Waals surface area contributed by atoms with E-state index in [1.54, 1.807) is 11.3 Å². The Labute approximate surface area is 117 Å². The summed E-state index contributed by atoms with van der Waals surface area (Å²) >= 11 is 1.61. The Balaban J connectivity index is 1.87. The van der Waals surface area contributed by atoms with Gasteiger partial charge in [-0.15, -0.1) is 11.3 Å². The number of rotatable bonds is 1. The third kappa shape index (κ3) is 2.51. The lowest BCUT2D eigenvalue weighted by Crippen LogP contribution is -2.47. The van der Waals surface area contributed by atoms with Crippen molar-refractivity contribution in [3.8, 4) is 0 Å². The Morgan fingerprint density at radius 1 is 1.47 bits per heavy atom. The first kappa shape index (κ1) is 13.3. The molecule has 2 unspecified atom stereocenters. The van der Waals surface area contributed by atoms with Gasteiger partial charge in [-0.1, -0.05) is 0 Å². The van der Waals surface area contributed by atoms with E-state index in [0.717, 1.165) is 35.0 Å². The lowest BCUT2D eigenvalue weighted by atomic mass is 10.0. The largest absolute Gasteiger partial charge is 0.387 e. The second kappa shape index (κ2) is 4.71. The number of nitrogens with zero attached hydrogens (tertiary/aromatic N) is 2. The van der Waals surface area contributed by atoms with Crippen molar-refractivity contribution in [1.29, 1.82) is 0 Å². The van der Waals surface area contributed by atoms with Crippen molar-refractivity contribution >= 4 is 26.3 Å². The zero-order chi connectivity index (χ0) is 13.6. The maximum absolute atomic E-state index is 11.6. The van der Waals surface area contributed by atoms with E-state index in [0.29, 0.717) is 6.54 Å². The van der Waals surface area contributed by atoms with Gasteiger partial charge in [0.25, 0.3) is 0 Å². The molecule has 2 atom stereocenters. The van der Waals surface area contributed by atoms with Gasteiger partial charge in [0.05, 0.1) is 23.3 Å². The van der Waals surface area contributed by atoms with E-state index in [-0.39, 0.29) is 17.5 Å². The molecule has 0 bridgehead atoms. The molecule has 0 spiro atoms. The summed E-state index contributed by atoms with van der Waals surface area (Å²) in [5, 5.41) is 10.8. The second-order valence-electron chi connectivity index (χ2n) is 5.37. The fourth-order valence-corrected chi connectivity index (χ4v) is 5.63. The topological polar surface area (TPSA) is 70.5 Å². The molecule has 2 aliphatic rings. The van der Waals surface area contributed by atoms with Crippen LogP contribution >= 0.6 is 11.3 Å². The molecule has 1 aromatic rings. The molecule has 1 fully saturated rings. The van der Waals surface area contributed by atoms with Crippen LogP contribution in [0.5, 0.6) is 0 Å². The number of sulfone groups is 1. The molecule has 0 aromatic carbocycles. The average Bonchev–Trinajstić information content (AvgIpc) is 2.72. The van der Waals surface area contributed by atoms with Crippen LogP contribution in [0.2, 0.25) is 0 Å². The zero-order valence-corrected chi connectivity index (χ0v) is 12.5. The summed E-state index contributed by atoms with van der Waals surface area (Å²) in [6.45, 7) is 2.43. The van der Waals surface area contributed by atoms with Crippen molar-refractivity contribution in [1.82, 2.24) is 4.98 Å². The summed E-state index contributed by atoms with van der Waals surface area (Å²) in [6.07, 6.45) is 2.31. The highest BCUT2D eigenvalue weighted by molar-refractivity contribution is 7.91. The van der Waals surface area contributed by atoms with Crippen LogP contribution in [0.25, 0.3) is 0 Å². The van der Waals surface area contributed by atoms with Crippen LogP contribution in [-0.2, 0) is 16.3 Å². The highest BCUT2D eigenvalue weighted by Gasteiger charge is 2.32. The smallest absolute Gasteiger partial charge is 0.186 e. The van der Waals surface area contributed by atoms with E-state index >= 15 is 0 Å². The Morgan fingerprint density at radius 3 is 2.95 bits per heavy atom. The van der Waals surface area contributed by atoms with Gasteiger partial charge < -0.3 is 10.0 Å². The summed E-state index contributed by atoms with van der Waals surface area (Å²) in [6, 6.07) is -0.0384. The Bertz CT molecular complexity index is 582.